The molecule has 0 heterocycles. The molecule has 0 spiro atoms. The van der Waals surface area contributed by atoms with Gasteiger partial charge in [0.15, 0.2) is 5.96 Å². The molecule has 0 fully saturated rings. The first kappa shape index (κ1) is 17.0. The zero-order valence-electron chi connectivity index (χ0n) is 11.4. The lowest BCUT2D eigenvalue weighted by molar-refractivity contribution is 0.414. The van der Waals surface area contributed by atoms with Crippen molar-refractivity contribution >= 4 is 29.9 Å². The van der Waals surface area contributed by atoms with Gasteiger partial charge in [-0.1, -0.05) is 12.1 Å². The summed E-state index contributed by atoms with van der Waals surface area (Å²) in [5.74, 6) is 1.78. The largest absolute Gasteiger partial charge is 0.497 e. The molecule has 1 N–H and O–H groups in total. The Hall–Kier alpha value is -0.980. The zero-order chi connectivity index (χ0) is 12.7. The van der Waals surface area contributed by atoms with E-state index in [0.29, 0.717) is 6.54 Å². The molecule has 1 aromatic carbocycles. The first-order valence-corrected chi connectivity index (χ1v) is 5.76. The van der Waals surface area contributed by atoms with Crippen LogP contribution < -0.4 is 10.1 Å². The molecule has 0 saturated heterocycles. The van der Waals surface area contributed by atoms with Crippen molar-refractivity contribution in [2.24, 2.45) is 4.99 Å². The molecule has 0 aliphatic rings. The molecule has 0 saturated carbocycles. The zero-order valence-corrected chi connectivity index (χ0v) is 13.8. The monoisotopic (exact) mass is 363 g/mol. The fourth-order valence-corrected chi connectivity index (χ4v) is 1.41. The third kappa shape index (κ3) is 5.57. The minimum Gasteiger partial charge on any atom is -0.497 e. The van der Waals surface area contributed by atoms with Crippen LogP contribution in [-0.2, 0) is 6.54 Å². The molecule has 0 amide bonds. The molecule has 18 heavy (non-hydrogen) atoms. The van der Waals surface area contributed by atoms with Crippen LogP contribution in [0.2, 0.25) is 0 Å². The van der Waals surface area contributed by atoms with E-state index in [4.69, 9.17) is 4.74 Å². The Morgan fingerprint density at radius 2 is 1.89 bits per heavy atom. The minimum atomic E-state index is 0. The van der Waals surface area contributed by atoms with E-state index in [2.05, 4.69) is 17.2 Å². The minimum absolute atomic E-state index is 0. The maximum atomic E-state index is 5.12. The summed E-state index contributed by atoms with van der Waals surface area (Å²) in [4.78, 5) is 6.51. The summed E-state index contributed by atoms with van der Waals surface area (Å²) in [5.41, 5.74) is 1.17. The molecule has 0 aromatic heterocycles. The molecular formula is C13H22IN3O. The summed E-state index contributed by atoms with van der Waals surface area (Å²) < 4.78 is 5.12. The van der Waals surface area contributed by atoms with Gasteiger partial charge in [0.2, 0.25) is 0 Å². The number of ether oxygens (including phenoxy) is 1. The van der Waals surface area contributed by atoms with Gasteiger partial charge in [0, 0.05) is 20.6 Å². The van der Waals surface area contributed by atoms with E-state index in [1.165, 1.54) is 5.56 Å². The molecule has 0 atom stereocenters. The Morgan fingerprint density at radius 3 is 2.33 bits per heavy atom. The van der Waals surface area contributed by atoms with Crippen molar-refractivity contribution in [3.05, 3.63) is 29.8 Å². The number of guanidine groups is 1. The summed E-state index contributed by atoms with van der Waals surface area (Å²) in [6, 6.07) is 7.96. The standard InChI is InChI=1S/C13H21N3O.HI/c1-5-14-13(16(2)3)15-10-11-6-8-12(17-4)9-7-11;/h6-9H,5,10H2,1-4H3,(H,14,15);1H. The summed E-state index contributed by atoms with van der Waals surface area (Å²) in [7, 11) is 5.63. The van der Waals surface area contributed by atoms with Crippen molar-refractivity contribution in [1.82, 2.24) is 10.2 Å². The van der Waals surface area contributed by atoms with Crippen LogP contribution in [0.4, 0.5) is 0 Å². The van der Waals surface area contributed by atoms with Crippen LogP contribution in [0.3, 0.4) is 0 Å². The van der Waals surface area contributed by atoms with Gasteiger partial charge in [-0.3, -0.25) is 0 Å². The average molecular weight is 363 g/mol. The van der Waals surface area contributed by atoms with Crippen molar-refractivity contribution in [1.29, 1.82) is 0 Å². The average Bonchev–Trinajstić information content (AvgIpc) is 2.34. The van der Waals surface area contributed by atoms with Gasteiger partial charge in [-0.25, -0.2) is 4.99 Å². The number of methoxy groups -OCH3 is 1. The fourth-order valence-electron chi connectivity index (χ4n) is 1.41. The Kier molecular flexibility index (Phi) is 8.53. The van der Waals surface area contributed by atoms with Crippen molar-refractivity contribution in [3.63, 3.8) is 0 Å². The second-order valence-electron chi connectivity index (χ2n) is 3.91. The Labute approximate surface area is 126 Å². The van der Waals surface area contributed by atoms with Crippen molar-refractivity contribution < 1.29 is 4.74 Å². The highest BCUT2D eigenvalue weighted by Crippen LogP contribution is 2.11. The van der Waals surface area contributed by atoms with Crippen LogP contribution in [0.15, 0.2) is 29.3 Å². The predicted molar refractivity (Wildman–Crippen MR) is 86.9 cm³/mol. The van der Waals surface area contributed by atoms with Crippen molar-refractivity contribution in [2.45, 2.75) is 13.5 Å². The SMILES string of the molecule is CCNC(=NCc1ccc(OC)cc1)N(C)C.I. The van der Waals surface area contributed by atoms with E-state index in [1.54, 1.807) is 7.11 Å². The van der Waals surface area contributed by atoms with Crippen molar-refractivity contribution in [3.8, 4) is 5.75 Å². The molecule has 1 aromatic rings. The van der Waals surface area contributed by atoms with Crippen LogP contribution >= 0.6 is 24.0 Å². The van der Waals surface area contributed by atoms with E-state index < -0.39 is 0 Å². The number of hydrogen-bond donors (Lipinski definition) is 1. The number of halogens is 1. The van der Waals surface area contributed by atoms with Gasteiger partial charge in [0.05, 0.1) is 13.7 Å². The smallest absolute Gasteiger partial charge is 0.193 e. The molecule has 102 valence electrons. The predicted octanol–water partition coefficient (Wildman–Crippen LogP) is 2.34. The van der Waals surface area contributed by atoms with Crippen LogP contribution in [0, 0.1) is 0 Å². The molecule has 5 heteroatoms. The van der Waals surface area contributed by atoms with Gasteiger partial charge < -0.3 is 15.0 Å². The molecule has 0 aliphatic heterocycles. The second kappa shape index (κ2) is 9.02. The number of hydrogen-bond acceptors (Lipinski definition) is 2. The normalized spacial score (nSPS) is 10.6. The fraction of sp³-hybridized carbons (Fsp3) is 0.462. The van der Waals surface area contributed by atoms with Gasteiger partial charge in [0.25, 0.3) is 0 Å². The van der Waals surface area contributed by atoms with Gasteiger partial charge in [0.1, 0.15) is 5.75 Å². The maximum absolute atomic E-state index is 5.12. The van der Waals surface area contributed by atoms with Crippen molar-refractivity contribution in [2.75, 3.05) is 27.7 Å². The van der Waals surface area contributed by atoms with Crippen LogP contribution in [0.25, 0.3) is 0 Å². The Bertz CT molecular complexity index is 363. The summed E-state index contributed by atoms with van der Waals surface area (Å²) in [6.07, 6.45) is 0. The van der Waals surface area contributed by atoms with Gasteiger partial charge in [-0.15, -0.1) is 24.0 Å². The van der Waals surface area contributed by atoms with E-state index in [-0.39, 0.29) is 24.0 Å². The number of benzene rings is 1. The van der Waals surface area contributed by atoms with Gasteiger partial charge in [-0.05, 0) is 24.6 Å². The number of nitrogens with one attached hydrogen (secondary N) is 1. The molecule has 1 rings (SSSR count). The highest BCUT2D eigenvalue weighted by Gasteiger charge is 1.99. The Morgan fingerprint density at radius 1 is 1.28 bits per heavy atom. The lowest BCUT2D eigenvalue weighted by Crippen LogP contribution is -2.36. The third-order valence-corrected chi connectivity index (χ3v) is 2.33. The molecule has 0 bridgehead atoms. The number of aliphatic imine (C=N–C) groups is 1. The number of nitrogens with zero attached hydrogens (tertiary/aromatic N) is 2. The molecule has 4 nitrogen and oxygen atoms in total. The quantitative estimate of drug-likeness (QED) is 0.507. The lowest BCUT2D eigenvalue weighted by atomic mass is 10.2. The second-order valence-corrected chi connectivity index (χ2v) is 3.91. The summed E-state index contributed by atoms with van der Waals surface area (Å²) in [5, 5.41) is 3.23. The van der Waals surface area contributed by atoms with E-state index >= 15 is 0 Å². The number of rotatable bonds is 4. The van der Waals surface area contributed by atoms with Gasteiger partial charge in [-0.2, -0.15) is 0 Å². The van der Waals surface area contributed by atoms with Crippen LogP contribution in [0.5, 0.6) is 5.75 Å². The molecular weight excluding hydrogens is 341 g/mol. The topological polar surface area (TPSA) is 36.9 Å². The first-order valence-electron chi connectivity index (χ1n) is 5.76. The lowest BCUT2D eigenvalue weighted by Gasteiger charge is -2.16. The third-order valence-electron chi connectivity index (χ3n) is 2.33. The highest BCUT2D eigenvalue weighted by atomic mass is 127. The van der Waals surface area contributed by atoms with Crippen LogP contribution in [-0.4, -0.2) is 38.6 Å². The van der Waals surface area contributed by atoms with Gasteiger partial charge >= 0.3 is 0 Å². The molecule has 0 aliphatic carbocycles. The summed E-state index contributed by atoms with van der Waals surface area (Å²) >= 11 is 0. The van der Waals surface area contributed by atoms with Crippen LogP contribution in [0.1, 0.15) is 12.5 Å². The maximum Gasteiger partial charge on any atom is 0.193 e. The Balaban J connectivity index is 0.00000289. The van der Waals surface area contributed by atoms with E-state index in [1.807, 2.05) is 43.3 Å². The highest BCUT2D eigenvalue weighted by molar-refractivity contribution is 14.0. The summed E-state index contributed by atoms with van der Waals surface area (Å²) in [6.45, 7) is 3.61. The van der Waals surface area contributed by atoms with E-state index in [0.717, 1.165) is 18.3 Å². The van der Waals surface area contributed by atoms with E-state index in [9.17, 15) is 0 Å². The molecule has 0 unspecified atom stereocenters. The molecule has 0 radical (unpaired) electrons. The first-order chi connectivity index (χ1) is 8.17.